The maximum atomic E-state index is 4.36. The molecule has 0 aliphatic heterocycles. The molecule has 0 aromatic carbocycles. The van der Waals surface area contributed by atoms with E-state index in [1.807, 2.05) is 0 Å². The Labute approximate surface area is 127 Å². The first-order valence-electron chi connectivity index (χ1n) is 7.20. The molecule has 4 rings (SSSR count). The molecule has 2 aliphatic rings. The predicted molar refractivity (Wildman–Crippen MR) is 101 cm³/mol. The molecule has 0 saturated carbocycles. The highest BCUT2D eigenvalue weighted by Crippen LogP contribution is 2.35. The fourth-order valence-corrected chi connectivity index (χ4v) is 6.66. The Bertz CT molecular complexity index is 952. The molecule has 104 valence electrons. The Kier molecular flexibility index (Phi) is 2.68. The fraction of sp³-hybridized carbons (Fsp3) is 0.158. The SMILES string of the molecule is C=c1[pH]c2c(c1C(C)(C)c1c3c([pH]c1=C)=CC=C3)C=CC=2. The van der Waals surface area contributed by atoms with Crippen molar-refractivity contribution in [2.24, 2.45) is 0 Å². The van der Waals surface area contributed by atoms with Crippen molar-refractivity contribution in [1.29, 1.82) is 0 Å². The van der Waals surface area contributed by atoms with Crippen molar-refractivity contribution in [3.63, 3.8) is 0 Å². The average Bonchev–Trinajstić information content (AvgIpc) is 3.07. The highest BCUT2D eigenvalue weighted by atomic mass is 31.0. The topological polar surface area (TPSA) is 0 Å². The van der Waals surface area contributed by atoms with Crippen LogP contribution in [0.25, 0.3) is 37.5 Å². The Morgan fingerprint density at radius 2 is 1.24 bits per heavy atom. The number of hydrogen-bond acceptors (Lipinski definition) is 0. The van der Waals surface area contributed by atoms with Gasteiger partial charge in [-0.2, -0.15) is 0 Å². The molecular weight excluding hydrogens is 290 g/mol. The lowest BCUT2D eigenvalue weighted by Gasteiger charge is -2.27. The van der Waals surface area contributed by atoms with E-state index in [0.717, 1.165) is 16.4 Å². The molecule has 21 heavy (non-hydrogen) atoms. The van der Waals surface area contributed by atoms with Gasteiger partial charge in [0.15, 0.2) is 0 Å². The molecule has 2 aliphatic carbocycles. The molecule has 0 nitrogen and oxygen atoms in total. The molecule has 2 heterocycles. The Morgan fingerprint density at radius 1 is 0.810 bits per heavy atom. The van der Waals surface area contributed by atoms with Gasteiger partial charge in [-0.05, 0) is 42.1 Å². The van der Waals surface area contributed by atoms with Crippen molar-refractivity contribution < 1.29 is 0 Å². The number of allylic oxidation sites excluding steroid dienone is 2. The average molecular weight is 308 g/mol. The van der Waals surface area contributed by atoms with Crippen LogP contribution in [0.3, 0.4) is 0 Å². The van der Waals surface area contributed by atoms with E-state index >= 15 is 0 Å². The molecule has 0 amide bonds. The molecular formula is C19H18P2. The van der Waals surface area contributed by atoms with Gasteiger partial charge in [0.2, 0.25) is 0 Å². The van der Waals surface area contributed by atoms with Crippen molar-refractivity contribution >= 4 is 53.8 Å². The van der Waals surface area contributed by atoms with E-state index in [0.29, 0.717) is 0 Å². The lowest BCUT2D eigenvalue weighted by molar-refractivity contribution is 0.636. The summed E-state index contributed by atoms with van der Waals surface area (Å²) in [6, 6.07) is 0. The van der Waals surface area contributed by atoms with Crippen molar-refractivity contribution in [3.8, 4) is 0 Å². The third kappa shape index (κ3) is 1.70. The normalized spacial score (nSPS) is 15.7. The molecule has 0 spiro atoms. The van der Waals surface area contributed by atoms with Gasteiger partial charge in [-0.3, -0.25) is 0 Å². The van der Waals surface area contributed by atoms with Crippen LogP contribution in [0.2, 0.25) is 0 Å². The second-order valence-electron chi connectivity index (χ2n) is 6.29. The first-order valence-corrected chi connectivity index (χ1v) is 9.20. The minimum absolute atomic E-state index is 0.0205. The van der Waals surface area contributed by atoms with E-state index in [1.165, 1.54) is 42.1 Å². The molecule has 2 aromatic heterocycles. The van der Waals surface area contributed by atoms with Gasteiger partial charge in [-0.15, -0.1) is 16.4 Å². The van der Waals surface area contributed by atoms with E-state index in [-0.39, 0.29) is 5.41 Å². The number of hydrogen-bond donors (Lipinski definition) is 0. The van der Waals surface area contributed by atoms with Crippen molar-refractivity contribution in [2.45, 2.75) is 19.3 Å². The van der Waals surface area contributed by atoms with Gasteiger partial charge in [0.25, 0.3) is 0 Å². The molecule has 0 radical (unpaired) electrons. The van der Waals surface area contributed by atoms with Crippen LogP contribution in [0.4, 0.5) is 0 Å². The summed E-state index contributed by atoms with van der Waals surface area (Å²) in [6.07, 6.45) is 13.3. The lowest BCUT2D eigenvalue weighted by atomic mass is 9.76. The highest BCUT2D eigenvalue weighted by Gasteiger charge is 2.31. The molecule has 2 heteroatoms. The van der Waals surface area contributed by atoms with Gasteiger partial charge < -0.3 is 0 Å². The van der Waals surface area contributed by atoms with Crippen LogP contribution in [0.1, 0.15) is 36.1 Å². The van der Waals surface area contributed by atoms with Crippen LogP contribution < -0.4 is 19.8 Å². The summed E-state index contributed by atoms with van der Waals surface area (Å²) in [5, 5.41) is 0. The van der Waals surface area contributed by atoms with Gasteiger partial charge in [0.05, 0.1) is 0 Å². The van der Waals surface area contributed by atoms with Crippen LogP contribution in [-0.2, 0) is 5.41 Å². The molecule has 0 bridgehead atoms. The Morgan fingerprint density at radius 3 is 1.67 bits per heavy atom. The summed E-state index contributed by atoms with van der Waals surface area (Å²) in [7, 11) is 1.46. The third-order valence-corrected chi connectivity index (χ3v) is 7.11. The molecule has 2 aromatic rings. The summed E-state index contributed by atoms with van der Waals surface area (Å²) in [4.78, 5) is 5.51. The quantitative estimate of drug-likeness (QED) is 0.800. The molecule has 2 atom stereocenters. The largest absolute Gasteiger partial charge is 0.124 e. The summed E-state index contributed by atoms with van der Waals surface area (Å²) in [5.74, 6) is 0. The van der Waals surface area contributed by atoms with Crippen LogP contribution in [0.5, 0.6) is 0 Å². The maximum Gasteiger partial charge on any atom is 0.0176 e. The second kappa shape index (κ2) is 4.26. The van der Waals surface area contributed by atoms with Crippen LogP contribution in [-0.4, -0.2) is 0 Å². The van der Waals surface area contributed by atoms with Crippen molar-refractivity contribution in [2.75, 3.05) is 0 Å². The van der Waals surface area contributed by atoms with E-state index in [9.17, 15) is 0 Å². The zero-order chi connectivity index (χ0) is 14.8. The van der Waals surface area contributed by atoms with Gasteiger partial charge in [-0.1, -0.05) is 63.5 Å². The zero-order valence-corrected chi connectivity index (χ0v) is 14.4. The van der Waals surface area contributed by atoms with Crippen LogP contribution in [0, 0.1) is 0 Å². The van der Waals surface area contributed by atoms with Gasteiger partial charge >= 0.3 is 0 Å². The highest BCUT2D eigenvalue weighted by molar-refractivity contribution is 7.28. The van der Waals surface area contributed by atoms with Gasteiger partial charge in [0, 0.05) is 5.41 Å². The summed E-state index contributed by atoms with van der Waals surface area (Å²) in [5.41, 5.74) is 5.65. The lowest BCUT2D eigenvalue weighted by Crippen LogP contribution is -2.30. The van der Waals surface area contributed by atoms with E-state index < -0.39 is 0 Å². The Hall–Kier alpha value is -1.48. The van der Waals surface area contributed by atoms with Gasteiger partial charge in [0.1, 0.15) is 0 Å². The molecule has 0 saturated heterocycles. The first-order chi connectivity index (χ1) is 10.00. The first kappa shape index (κ1) is 13.2. The van der Waals surface area contributed by atoms with E-state index in [1.54, 1.807) is 0 Å². The minimum Gasteiger partial charge on any atom is -0.124 e. The monoisotopic (exact) mass is 308 g/mol. The van der Waals surface area contributed by atoms with Crippen LogP contribution in [0.15, 0.2) is 12.2 Å². The van der Waals surface area contributed by atoms with Crippen LogP contribution >= 0.6 is 16.4 Å². The predicted octanol–water partition coefficient (Wildman–Crippen LogP) is 2.51. The van der Waals surface area contributed by atoms with E-state index in [4.69, 9.17) is 0 Å². The number of fused-ring (bicyclic) bond motifs is 2. The van der Waals surface area contributed by atoms with Gasteiger partial charge in [-0.25, -0.2) is 0 Å². The molecule has 0 fully saturated rings. The van der Waals surface area contributed by atoms with E-state index in [2.05, 4.69) is 63.5 Å². The zero-order valence-electron chi connectivity index (χ0n) is 12.4. The fourth-order valence-electron chi connectivity index (χ4n) is 3.82. The molecule has 2 unspecified atom stereocenters. The molecule has 0 N–H and O–H groups in total. The minimum atomic E-state index is -0.0205. The summed E-state index contributed by atoms with van der Waals surface area (Å²) in [6.45, 7) is 13.4. The maximum absolute atomic E-state index is 4.36. The summed E-state index contributed by atoms with van der Waals surface area (Å²) >= 11 is 0. The number of rotatable bonds is 2. The second-order valence-corrected chi connectivity index (χ2v) is 9.07. The third-order valence-electron chi connectivity index (χ3n) is 4.60. The Balaban J connectivity index is 2.06. The van der Waals surface area contributed by atoms with Crippen molar-refractivity contribution in [1.82, 2.24) is 0 Å². The van der Waals surface area contributed by atoms with Crippen molar-refractivity contribution in [3.05, 3.63) is 54.2 Å². The summed E-state index contributed by atoms with van der Waals surface area (Å²) < 4.78 is 0. The smallest absolute Gasteiger partial charge is 0.0176 e. The standard InChI is InChI=1S/C19H18P2/c1-11-17(13-7-5-9-15(13)20-11)19(3,4)18-12(2)21-16-10-6-8-14(16)18/h5-10,20-21H,1-2H2,3-4H3.